The van der Waals surface area contributed by atoms with Gasteiger partial charge in [0.2, 0.25) is 0 Å². The van der Waals surface area contributed by atoms with Crippen molar-refractivity contribution >= 4 is 17.3 Å². The molecule has 0 saturated carbocycles. The summed E-state index contributed by atoms with van der Waals surface area (Å²) in [6.45, 7) is 4.70. The second kappa shape index (κ2) is 8.00. The van der Waals surface area contributed by atoms with E-state index in [4.69, 9.17) is 0 Å². The number of hydrogen-bond acceptors (Lipinski definition) is 3. The van der Waals surface area contributed by atoms with Crippen LogP contribution in [0.15, 0.2) is 42.6 Å². The molecule has 0 aliphatic rings. The molecule has 2 N–H and O–H groups in total. The van der Waals surface area contributed by atoms with Crippen LogP contribution in [0, 0.1) is 5.92 Å². The standard InChI is InChI=1S/C18H20F3N3O/c1-12(2)7-9-23-17(25)16-11-15(8-10-22-16)24-14-5-3-13(4-6-14)18(19,20)21/h3-6,8,10-12H,7,9H2,1-2H3,(H,22,24)(H,23,25). The van der Waals surface area contributed by atoms with Crippen molar-refractivity contribution in [1.82, 2.24) is 10.3 Å². The molecule has 0 bridgehead atoms. The minimum atomic E-state index is -4.36. The Kier molecular flexibility index (Phi) is 6.01. The molecule has 0 atom stereocenters. The van der Waals surface area contributed by atoms with E-state index in [9.17, 15) is 18.0 Å². The molecule has 0 saturated heterocycles. The Hall–Kier alpha value is -2.57. The van der Waals surface area contributed by atoms with E-state index in [1.807, 2.05) is 0 Å². The van der Waals surface area contributed by atoms with Crippen molar-refractivity contribution in [3.05, 3.63) is 53.9 Å². The molecule has 134 valence electrons. The van der Waals surface area contributed by atoms with Crippen molar-refractivity contribution in [2.45, 2.75) is 26.4 Å². The minimum absolute atomic E-state index is 0.251. The van der Waals surface area contributed by atoms with Crippen molar-refractivity contribution in [2.24, 2.45) is 5.92 Å². The Balaban J connectivity index is 2.02. The fourth-order valence-corrected chi connectivity index (χ4v) is 2.11. The van der Waals surface area contributed by atoms with Crippen LogP contribution in [0.1, 0.15) is 36.3 Å². The highest BCUT2D eigenvalue weighted by Gasteiger charge is 2.29. The molecule has 0 spiro atoms. The van der Waals surface area contributed by atoms with E-state index in [-0.39, 0.29) is 11.6 Å². The van der Waals surface area contributed by atoms with Crippen molar-refractivity contribution < 1.29 is 18.0 Å². The lowest BCUT2D eigenvalue weighted by molar-refractivity contribution is -0.137. The number of aromatic nitrogens is 1. The van der Waals surface area contributed by atoms with Gasteiger partial charge in [0.05, 0.1) is 5.56 Å². The molecule has 2 rings (SSSR count). The van der Waals surface area contributed by atoms with Gasteiger partial charge in [0, 0.05) is 24.1 Å². The maximum atomic E-state index is 12.6. The Bertz CT molecular complexity index is 712. The third kappa shape index (κ3) is 5.77. The highest BCUT2D eigenvalue weighted by atomic mass is 19.4. The summed E-state index contributed by atoms with van der Waals surface area (Å²) in [5, 5.41) is 5.76. The molecule has 0 aliphatic heterocycles. The van der Waals surface area contributed by atoms with E-state index in [0.29, 0.717) is 23.8 Å². The summed E-state index contributed by atoms with van der Waals surface area (Å²) in [4.78, 5) is 16.1. The first-order chi connectivity index (χ1) is 11.8. The van der Waals surface area contributed by atoms with Crippen LogP contribution in [0.4, 0.5) is 24.5 Å². The van der Waals surface area contributed by atoms with Gasteiger partial charge in [0.1, 0.15) is 5.69 Å². The molecule has 1 heterocycles. The number of carbonyl (C=O) groups is 1. The van der Waals surface area contributed by atoms with Crippen molar-refractivity contribution in [3.63, 3.8) is 0 Å². The quantitative estimate of drug-likeness (QED) is 0.798. The predicted octanol–water partition coefficient (Wildman–Crippen LogP) is 4.62. The number of nitrogens with zero attached hydrogens (tertiary/aromatic N) is 1. The molecule has 1 amide bonds. The first-order valence-electron chi connectivity index (χ1n) is 7.94. The van der Waals surface area contributed by atoms with Gasteiger partial charge in [-0.25, -0.2) is 0 Å². The van der Waals surface area contributed by atoms with Crippen LogP contribution in [0.5, 0.6) is 0 Å². The molecule has 4 nitrogen and oxygen atoms in total. The van der Waals surface area contributed by atoms with Crippen molar-refractivity contribution in [2.75, 3.05) is 11.9 Å². The van der Waals surface area contributed by atoms with Crippen LogP contribution in [0.3, 0.4) is 0 Å². The molecule has 1 aromatic carbocycles. The summed E-state index contributed by atoms with van der Waals surface area (Å²) in [6.07, 6.45) is -2.02. The van der Waals surface area contributed by atoms with Crippen LogP contribution in [0.25, 0.3) is 0 Å². The van der Waals surface area contributed by atoms with Gasteiger partial charge in [0.15, 0.2) is 0 Å². The first-order valence-corrected chi connectivity index (χ1v) is 7.94. The zero-order valence-corrected chi connectivity index (χ0v) is 14.0. The fraction of sp³-hybridized carbons (Fsp3) is 0.333. The maximum absolute atomic E-state index is 12.6. The highest BCUT2D eigenvalue weighted by Crippen LogP contribution is 2.30. The van der Waals surface area contributed by atoms with Crippen LogP contribution in [-0.2, 0) is 6.18 Å². The molecular weight excluding hydrogens is 331 g/mol. The van der Waals surface area contributed by atoms with Gasteiger partial charge < -0.3 is 10.6 Å². The van der Waals surface area contributed by atoms with E-state index in [1.165, 1.54) is 18.3 Å². The third-order valence-corrected chi connectivity index (χ3v) is 3.50. The van der Waals surface area contributed by atoms with Gasteiger partial charge in [-0.1, -0.05) is 13.8 Å². The van der Waals surface area contributed by atoms with Crippen molar-refractivity contribution in [1.29, 1.82) is 0 Å². The molecule has 0 aliphatic carbocycles. The van der Waals surface area contributed by atoms with Gasteiger partial charge in [-0.2, -0.15) is 13.2 Å². The number of alkyl halides is 3. The Morgan fingerprint density at radius 1 is 1.12 bits per heavy atom. The largest absolute Gasteiger partial charge is 0.416 e. The predicted molar refractivity (Wildman–Crippen MR) is 90.8 cm³/mol. The molecule has 1 aromatic heterocycles. The average Bonchev–Trinajstić information content (AvgIpc) is 2.54. The van der Waals surface area contributed by atoms with E-state index >= 15 is 0 Å². The lowest BCUT2D eigenvalue weighted by atomic mass is 10.1. The summed E-state index contributed by atoms with van der Waals surface area (Å²) < 4.78 is 37.7. The fourth-order valence-electron chi connectivity index (χ4n) is 2.11. The summed E-state index contributed by atoms with van der Waals surface area (Å²) in [5.74, 6) is 0.206. The van der Waals surface area contributed by atoms with Gasteiger partial charge >= 0.3 is 6.18 Å². The molecule has 2 aromatic rings. The van der Waals surface area contributed by atoms with Gasteiger partial charge in [-0.3, -0.25) is 9.78 Å². The van der Waals surface area contributed by atoms with Gasteiger partial charge in [-0.05, 0) is 48.7 Å². The second-order valence-corrected chi connectivity index (χ2v) is 6.07. The van der Waals surface area contributed by atoms with Crippen LogP contribution >= 0.6 is 0 Å². The molecule has 25 heavy (non-hydrogen) atoms. The number of halogens is 3. The van der Waals surface area contributed by atoms with Gasteiger partial charge in [0.25, 0.3) is 5.91 Å². The lowest BCUT2D eigenvalue weighted by Gasteiger charge is -2.11. The smallest absolute Gasteiger partial charge is 0.355 e. The molecule has 0 unspecified atom stereocenters. The number of amides is 1. The maximum Gasteiger partial charge on any atom is 0.416 e. The van der Waals surface area contributed by atoms with E-state index in [0.717, 1.165) is 18.6 Å². The monoisotopic (exact) mass is 351 g/mol. The third-order valence-electron chi connectivity index (χ3n) is 3.50. The molecule has 7 heteroatoms. The Labute approximate surface area is 144 Å². The van der Waals surface area contributed by atoms with Crippen LogP contribution in [0.2, 0.25) is 0 Å². The number of carbonyl (C=O) groups excluding carboxylic acids is 1. The summed E-state index contributed by atoms with van der Waals surface area (Å²) in [6, 6.07) is 7.88. The topological polar surface area (TPSA) is 54.0 Å². The Morgan fingerprint density at radius 3 is 2.40 bits per heavy atom. The molecule has 0 fully saturated rings. The Morgan fingerprint density at radius 2 is 1.80 bits per heavy atom. The van der Waals surface area contributed by atoms with E-state index in [2.05, 4.69) is 29.5 Å². The summed E-state index contributed by atoms with van der Waals surface area (Å²) in [7, 11) is 0. The second-order valence-electron chi connectivity index (χ2n) is 6.07. The zero-order valence-electron chi connectivity index (χ0n) is 14.0. The average molecular weight is 351 g/mol. The van der Waals surface area contributed by atoms with Crippen LogP contribution in [-0.4, -0.2) is 17.4 Å². The summed E-state index contributed by atoms with van der Waals surface area (Å²) >= 11 is 0. The number of benzene rings is 1. The SMILES string of the molecule is CC(C)CCNC(=O)c1cc(Nc2ccc(C(F)(F)F)cc2)ccn1. The van der Waals surface area contributed by atoms with Crippen molar-refractivity contribution in [3.8, 4) is 0 Å². The molecular formula is C18H20F3N3O. The first kappa shape index (κ1) is 18.8. The van der Waals surface area contributed by atoms with Gasteiger partial charge in [-0.15, -0.1) is 0 Å². The molecule has 0 radical (unpaired) electrons. The van der Waals surface area contributed by atoms with E-state index in [1.54, 1.807) is 12.1 Å². The number of hydrogen-bond donors (Lipinski definition) is 2. The van der Waals surface area contributed by atoms with E-state index < -0.39 is 11.7 Å². The zero-order chi connectivity index (χ0) is 18.4. The van der Waals surface area contributed by atoms with Crippen LogP contribution < -0.4 is 10.6 Å². The number of pyridine rings is 1. The highest BCUT2D eigenvalue weighted by molar-refractivity contribution is 5.93. The minimum Gasteiger partial charge on any atom is -0.355 e. The number of anilines is 2. The number of rotatable bonds is 6. The number of nitrogens with one attached hydrogen (secondary N) is 2. The lowest BCUT2D eigenvalue weighted by Crippen LogP contribution is -2.26. The summed E-state index contributed by atoms with van der Waals surface area (Å²) in [5.41, 5.74) is 0.604. The normalized spacial score (nSPS) is 11.4.